The largest absolute Gasteiger partial charge is 0.494 e. The maximum absolute atomic E-state index is 12.3. The number of hydrogen-bond donors (Lipinski definition) is 2. The number of hydroxylamine groups is 1. The van der Waals surface area contributed by atoms with E-state index < -0.39 is 5.91 Å². The van der Waals surface area contributed by atoms with Gasteiger partial charge >= 0.3 is 0 Å². The summed E-state index contributed by atoms with van der Waals surface area (Å²) in [5, 5.41) is 9.63. The molecule has 0 atom stereocenters. The third-order valence-corrected chi connectivity index (χ3v) is 4.15. The standard InChI is InChI=1S/C19H14N4O4.ClH/c1-26-18-16(19(24)23-25)13-8-20-7-6-14(13)22-17(18)12-4-2-11(3-5-12)15-9-21-10-27-15;/h2-10,25H,1H3,(H,23,24);1H. The summed E-state index contributed by atoms with van der Waals surface area (Å²) in [4.78, 5) is 24.9. The number of benzene rings is 1. The van der Waals surface area contributed by atoms with Crippen LogP contribution in [0.2, 0.25) is 0 Å². The van der Waals surface area contributed by atoms with Crippen molar-refractivity contribution in [3.63, 3.8) is 0 Å². The number of hydrogen-bond acceptors (Lipinski definition) is 7. The first kappa shape index (κ1) is 19.3. The van der Waals surface area contributed by atoms with Gasteiger partial charge in [-0.2, -0.15) is 0 Å². The Kier molecular flexibility index (Phi) is 5.53. The normalized spacial score (nSPS) is 10.4. The molecule has 0 aliphatic carbocycles. The summed E-state index contributed by atoms with van der Waals surface area (Å²) in [5.74, 6) is 0.188. The number of pyridine rings is 2. The molecule has 0 spiro atoms. The van der Waals surface area contributed by atoms with Gasteiger partial charge in [-0.3, -0.25) is 15.0 Å². The molecule has 0 saturated carbocycles. The van der Waals surface area contributed by atoms with Crippen molar-refractivity contribution in [2.75, 3.05) is 7.11 Å². The fourth-order valence-corrected chi connectivity index (χ4v) is 2.92. The second kappa shape index (κ2) is 8.03. The van der Waals surface area contributed by atoms with Crippen LogP contribution in [0.25, 0.3) is 33.5 Å². The summed E-state index contributed by atoms with van der Waals surface area (Å²) in [5.41, 5.74) is 4.44. The van der Waals surface area contributed by atoms with Gasteiger partial charge in [0, 0.05) is 28.9 Å². The zero-order chi connectivity index (χ0) is 18.8. The quantitative estimate of drug-likeness (QED) is 0.399. The molecule has 0 bridgehead atoms. The molecule has 3 aromatic heterocycles. The summed E-state index contributed by atoms with van der Waals surface area (Å²) in [6.45, 7) is 0. The number of amides is 1. The second-order valence-corrected chi connectivity index (χ2v) is 5.65. The van der Waals surface area contributed by atoms with Crippen LogP contribution < -0.4 is 10.2 Å². The van der Waals surface area contributed by atoms with E-state index in [-0.39, 0.29) is 23.7 Å². The highest BCUT2D eigenvalue weighted by Crippen LogP contribution is 2.36. The molecule has 8 nitrogen and oxygen atoms in total. The van der Waals surface area contributed by atoms with Crippen molar-refractivity contribution in [3.05, 3.63) is 60.9 Å². The fraction of sp³-hybridized carbons (Fsp3) is 0.0526. The van der Waals surface area contributed by atoms with Crippen LogP contribution in [-0.2, 0) is 0 Å². The first-order valence-electron chi connectivity index (χ1n) is 7.98. The Balaban J connectivity index is 0.00000225. The van der Waals surface area contributed by atoms with E-state index >= 15 is 0 Å². The number of nitrogens with one attached hydrogen (secondary N) is 1. The number of carbonyl (C=O) groups is 1. The van der Waals surface area contributed by atoms with E-state index in [1.54, 1.807) is 23.9 Å². The van der Waals surface area contributed by atoms with Gasteiger partial charge in [-0.1, -0.05) is 24.3 Å². The van der Waals surface area contributed by atoms with Gasteiger partial charge in [0.15, 0.2) is 17.9 Å². The molecule has 1 aromatic carbocycles. The van der Waals surface area contributed by atoms with Crippen LogP contribution in [-0.4, -0.2) is 33.2 Å². The highest BCUT2D eigenvalue weighted by molar-refractivity contribution is 6.09. The highest BCUT2D eigenvalue weighted by atomic mass is 35.5. The van der Waals surface area contributed by atoms with Crippen LogP contribution in [0.4, 0.5) is 0 Å². The van der Waals surface area contributed by atoms with Gasteiger partial charge in [0.25, 0.3) is 5.91 Å². The van der Waals surface area contributed by atoms with Gasteiger partial charge in [-0.05, 0) is 6.07 Å². The average molecular weight is 399 g/mol. The predicted molar refractivity (Wildman–Crippen MR) is 104 cm³/mol. The molecule has 0 aliphatic heterocycles. The zero-order valence-corrected chi connectivity index (χ0v) is 15.4. The Bertz CT molecular complexity index is 1110. The van der Waals surface area contributed by atoms with Gasteiger partial charge < -0.3 is 9.15 Å². The Morgan fingerprint density at radius 3 is 2.50 bits per heavy atom. The Morgan fingerprint density at radius 2 is 1.86 bits per heavy atom. The van der Waals surface area contributed by atoms with Gasteiger partial charge in [-0.15, -0.1) is 12.4 Å². The predicted octanol–water partition coefficient (Wildman–Crippen LogP) is 3.50. The summed E-state index contributed by atoms with van der Waals surface area (Å²) in [6.07, 6.45) is 6.08. The molecule has 9 heteroatoms. The molecular weight excluding hydrogens is 384 g/mol. The highest BCUT2D eigenvalue weighted by Gasteiger charge is 2.22. The molecule has 1 amide bonds. The third kappa shape index (κ3) is 3.26. The Morgan fingerprint density at radius 1 is 1.11 bits per heavy atom. The summed E-state index contributed by atoms with van der Waals surface area (Å²) >= 11 is 0. The smallest absolute Gasteiger partial charge is 0.279 e. The van der Waals surface area contributed by atoms with Crippen molar-refractivity contribution in [2.24, 2.45) is 0 Å². The number of fused-ring (bicyclic) bond motifs is 1. The van der Waals surface area contributed by atoms with Crippen molar-refractivity contribution in [1.82, 2.24) is 20.4 Å². The van der Waals surface area contributed by atoms with E-state index in [1.807, 2.05) is 24.3 Å². The molecule has 0 fully saturated rings. The van der Waals surface area contributed by atoms with E-state index in [1.165, 1.54) is 19.7 Å². The van der Waals surface area contributed by atoms with Crippen molar-refractivity contribution in [2.45, 2.75) is 0 Å². The number of rotatable bonds is 4. The van der Waals surface area contributed by atoms with E-state index in [9.17, 15) is 4.79 Å². The molecule has 4 rings (SSSR count). The summed E-state index contributed by atoms with van der Waals surface area (Å²) < 4.78 is 10.8. The number of oxazole rings is 1. The van der Waals surface area contributed by atoms with Crippen LogP contribution >= 0.6 is 12.4 Å². The second-order valence-electron chi connectivity index (χ2n) is 5.65. The lowest BCUT2D eigenvalue weighted by atomic mass is 10.0. The number of carbonyl (C=O) groups excluding carboxylic acids is 1. The molecule has 3 heterocycles. The zero-order valence-electron chi connectivity index (χ0n) is 14.6. The average Bonchev–Trinajstić information content (AvgIpc) is 3.26. The Labute approximate surface area is 165 Å². The van der Waals surface area contributed by atoms with E-state index in [0.29, 0.717) is 22.4 Å². The summed E-state index contributed by atoms with van der Waals surface area (Å²) in [7, 11) is 1.44. The number of nitrogens with zero attached hydrogens (tertiary/aromatic N) is 3. The molecule has 0 saturated heterocycles. The van der Waals surface area contributed by atoms with Gasteiger partial charge in [0.05, 0.1) is 24.4 Å². The van der Waals surface area contributed by atoms with Crippen LogP contribution in [0.3, 0.4) is 0 Å². The molecule has 0 aliphatic rings. The number of methoxy groups -OCH3 is 1. The lowest BCUT2D eigenvalue weighted by Crippen LogP contribution is -2.20. The number of halogens is 1. The molecule has 0 unspecified atom stereocenters. The van der Waals surface area contributed by atoms with E-state index in [0.717, 1.165) is 11.1 Å². The molecule has 4 aromatic rings. The first-order valence-corrected chi connectivity index (χ1v) is 7.98. The van der Waals surface area contributed by atoms with E-state index in [4.69, 9.17) is 14.4 Å². The van der Waals surface area contributed by atoms with Crippen LogP contribution in [0.15, 0.2) is 59.7 Å². The van der Waals surface area contributed by atoms with Gasteiger partial charge in [0.2, 0.25) is 0 Å². The molecule has 28 heavy (non-hydrogen) atoms. The fourth-order valence-electron chi connectivity index (χ4n) is 2.92. The topological polar surface area (TPSA) is 110 Å². The van der Waals surface area contributed by atoms with E-state index in [2.05, 4.69) is 15.0 Å². The number of ether oxygens (including phenoxy) is 1. The molecule has 2 N–H and O–H groups in total. The maximum Gasteiger partial charge on any atom is 0.279 e. The van der Waals surface area contributed by atoms with Crippen molar-refractivity contribution >= 4 is 29.2 Å². The molecule has 142 valence electrons. The van der Waals surface area contributed by atoms with Crippen molar-refractivity contribution in [3.8, 4) is 28.3 Å². The number of aromatic nitrogens is 3. The van der Waals surface area contributed by atoms with Gasteiger partial charge in [-0.25, -0.2) is 15.4 Å². The minimum Gasteiger partial charge on any atom is -0.494 e. The molecule has 0 radical (unpaired) electrons. The minimum absolute atomic E-state index is 0. The van der Waals surface area contributed by atoms with Crippen LogP contribution in [0.5, 0.6) is 5.75 Å². The maximum atomic E-state index is 12.3. The lowest BCUT2D eigenvalue weighted by Gasteiger charge is -2.15. The molecular formula is C19H15ClN4O4. The van der Waals surface area contributed by atoms with Crippen LogP contribution in [0, 0.1) is 0 Å². The lowest BCUT2D eigenvalue weighted by molar-refractivity contribution is 0.0705. The first-order chi connectivity index (χ1) is 13.2. The SMILES string of the molecule is COc1c(-c2ccc(-c3cnco3)cc2)nc2ccncc2c1C(=O)NO.Cl. The monoisotopic (exact) mass is 398 g/mol. The van der Waals surface area contributed by atoms with Crippen molar-refractivity contribution < 1.29 is 19.2 Å². The van der Waals surface area contributed by atoms with Gasteiger partial charge in [0.1, 0.15) is 5.69 Å². The minimum atomic E-state index is -0.702. The van der Waals surface area contributed by atoms with Crippen LogP contribution in [0.1, 0.15) is 10.4 Å². The van der Waals surface area contributed by atoms with Crippen molar-refractivity contribution in [1.29, 1.82) is 0 Å². The third-order valence-electron chi connectivity index (χ3n) is 4.15. The Hall–Kier alpha value is -3.49. The summed E-state index contributed by atoms with van der Waals surface area (Å²) in [6, 6.07) is 9.10.